The van der Waals surface area contributed by atoms with Crippen LogP contribution in [0.5, 0.6) is 11.5 Å². The van der Waals surface area contributed by atoms with Crippen molar-refractivity contribution in [2.24, 2.45) is 0 Å². The van der Waals surface area contributed by atoms with Crippen LogP contribution in [0.1, 0.15) is 22.7 Å². The number of ketones is 1. The highest BCUT2D eigenvalue weighted by Crippen LogP contribution is 2.44. The first-order chi connectivity index (χ1) is 15.4. The van der Waals surface area contributed by atoms with Gasteiger partial charge in [0, 0.05) is 36.9 Å². The van der Waals surface area contributed by atoms with Gasteiger partial charge in [-0.15, -0.1) is 0 Å². The Balaban J connectivity index is 1.92. The van der Waals surface area contributed by atoms with Crippen LogP contribution in [0.3, 0.4) is 0 Å². The fourth-order valence-electron chi connectivity index (χ4n) is 3.65. The zero-order chi connectivity index (χ0) is 22.8. The van der Waals surface area contributed by atoms with Gasteiger partial charge in [-0.3, -0.25) is 19.6 Å². The molecule has 0 spiro atoms. The molecule has 0 aliphatic carbocycles. The molecule has 1 aromatic carbocycles. The summed E-state index contributed by atoms with van der Waals surface area (Å²) in [5.74, 6) is -1.83. The molecule has 0 radical (unpaired) electrons. The molecule has 0 bridgehead atoms. The molecule has 2 aromatic heterocycles. The van der Waals surface area contributed by atoms with Crippen LogP contribution in [0, 0.1) is 0 Å². The number of aromatic hydroxyl groups is 1. The third-order valence-electron chi connectivity index (χ3n) is 5.16. The van der Waals surface area contributed by atoms with Gasteiger partial charge in [0.1, 0.15) is 5.76 Å². The van der Waals surface area contributed by atoms with Crippen LogP contribution in [0.4, 0.5) is 0 Å². The maximum Gasteiger partial charge on any atom is 0.295 e. The van der Waals surface area contributed by atoms with E-state index >= 15 is 0 Å². The van der Waals surface area contributed by atoms with Gasteiger partial charge in [-0.05, 0) is 57.4 Å². The Hall–Kier alpha value is -3.72. The van der Waals surface area contributed by atoms with Crippen molar-refractivity contribution >= 4 is 33.4 Å². The Kier molecular flexibility index (Phi) is 5.91. The first-order valence-electron chi connectivity index (χ1n) is 9.56. The van der Waals surface area contributed by atoms with Crippen LogP contribution < -0.4 is 4.74 Å². The summed E-state index contributed by atoms with van der Waals surface area (Å²) >= 11 is 3.29. The average molecular weight is 496 g/mol. The number of hydrogen-bond donors (Lipinski definition) is 2. The summed E-state index contributed by atoms with van der Waals surface area (Å²) in [6.07, 6.45) is 6.18. The summed E-state index contributed by atoms with van der Waals surface area (Å²) < 4.78 is 5.57. The number of methoxy groups -OCH3 is 1. The van der Waals surface area contributed by atoms with Crippen molar-refractivity contribution in [3.8, 4) is 11.5 Å². The second-order valence-electron chi connectivity index (χ2n) is 7.08. The predicted octanol–water partition coefficient (Wildman–Crippen LogP) is 3.58. The molecule has 1 fully saturated rings. The predicted molar refractivity (Wildman–Crippen MR) is 119 cm³/mol. The van der Waals surface area contributed by atoms with Crippen LogP contribution in [0.25, 0.3) is 5.76 Å². The maximum absolute atomic E-state index is 13.1. The standard InChI is InChI=1S/C23H18BrN3O5/c1-32-17-10-15(9-16(24)21(17)29)19-18(20(28)14-4-7-25-8-5-14)22(30)23(31)27(19)12-13-3-2-6-26-11-13/h2-11,19,28-29H,12H2,1H3/b20-18+. The minimum absolute atomic E-state index is 0.0651. The van der Waals surface area contributed by atoms with Gasteiger partial charge >= 0.3 is 0 Å². The number of pyridine rings is 2. The number of benzene rings is 1. The number of aliphatic hydroxyl groups is 1. The number of nitrogens with zero attached hydrogens (tertiary/aromatic N) is 3. The van der Waals surface area contributed by atoms with Crippen molar-refractivity contribution in [3.63, 3.8) is 0 Å². The van der Waals surface area contributed by atoms with E-state index in [1.807, 2.05) is 0 Å². The van der Waals surface area contributed by atoms with Crippen LogP contribution >= 0.6 is 15.9 Å². The molecule has 1 atom stereocenters. The Morgan fingerprint density at radius 2 is 1.91 bits per heavy atom. The fraction of sp³-hybridized carbons (Fsp3) is 0.130. The summed E-state index contributed by atoms with van der Waals surface area (Å²) in [6.45, 7) is 0.0943. The average Bonchev–Trinajstić information content (AvgIpc) is 3.06. The van der Waals surface area contributed by atoms with E-state index in [0.29, 0.717) is 21.2 Å². The Morgan fingerprint density at radius 3 is 2.56 bits per heavy atom. The number of aromatic nitrogens is 2. The quantitative estimate of drug-likeness (QED) is 0.316. The summed E-state index contributed by atoms with van der Waals surface area (Å²) in [5.41, 5.74) is 1.48. The lowest BCUT2D eigenvalue weighted by Gasteiger charge is -2.26. The zero-order valence-corrected chi connectivity index (χ0v) is 18.5. The van der Waals surface area contributed by atoms with Gasteiger partial charge < -0.3 is 19.8 Å². The smallest absolute Gasteiger partial charge is 0.295 e. The van der Waals surface area contributed by atoms with E-state index < -0.39 is 17.7 Å². The molecular formula is C23H18BrN3O5. The van der Waals surface area contributed by atoms with Crippen molar-refractivity contribution in [1.82, 2.24) is 14.9 Å². The molecule has 8 nitrogen and oxygen atoms in total. The van der Waals surface area contributed by atoms with Gasteiger partial charge in [-0.25, -0.2) is 0 Å². The monoisotopic (exact) mass is 495 g/mol. The number of ether oxygens (including phenoxy) is 1. The highest BCUT2D eigenvalue weighted by Gasteiger charge is 2.46. The molecule has 1 aliphatic heterocycles. The van der Waals surface area contributed by atoms with E-state index in [2.05, 4.69) is 25.9 Å². The molecule has 2 N–H and O–H groups in total. The van der Waals surface area contributed by atoms with Gasteiger partial charge in [0.05, 0.1) is 23.2 Å². The number of phenolic OH excluding ortho intramolecular Hbond substituents is 1. The van der Waals surface area contributed by atoms with Crippen LogP contribution in [0.2, 0.25) is 0 Å². The molecule has 1 aliphatic rings. The molecule has 1 unspecified atom stereocenters. The summed E-state index contributed by atoms with van der Waals surface area (Å²) in [4.78, 5) is 35.5. The topological polar surface area (TPSA) is 113 Å². The first kappa shape index (κ1) is 21.5. The van der Waals surface area contributed by atoms with Crippen molar-refractivity contribution in [2.45, 2.75) is 12.6 Å². The van der Waals surface area contributed by atoms with Crippen molar-refractivity contribution in [1.29, 1.82) is 0 Å². The lowest BCUT2D eigenvalue weighted by atomic mass is 9.95. The molecule has 1 saturated heterocycles. The van der Waals surface area contributed by atoms with Gasteiger partial charge in [-0.1, -0.05) is 6.07 Å². The number of halogens is 1. The van der Waals surface area contributed by atoms with E-state index in [0.717, 1.165) is 0 Å². The minimum Gasteiger partial charge on any atom is -0.507 e. The van der Waals surface area contributed by atoms with Gasteiger partial charge in [-0.2, -0.15) is 0 Å². The summed E-state index contributed by atoms with van der Waals surface area (Å²) in [5, 5.41) is 21.2. The van der Waals surface area contributed by atoms with Crippen LogP contribution in [-0.2, 0) is 16.1 Å². The third kappa shape index (κ3) is 3.82. The normalized spacial score (nSPS) is 17.6. The van der Waals surface area contributed by atoms with E-state index in [9.17, 15) is 19.8 Å². The third-order valence-corrected chi connectivity index (χ3v) is 5.76. The maximum atomic E-state index is 13.1. The number of aliphatic hydroxyl groups excluding tert-OH is 1. The Labute approximate surface area is 191 Å². The number of likely N-dealkylation sites (tertiary alicyclic amines) is 1. The van der Waals surface area contributed by atoms with Crippen LogP contribution in [0.15, 0.2) is 71.2 Å². The first-order valence-corrected chi connectivity index (χ1v) is 10.4. The van der Waals surface area contributed by atoms with E-state index in [-0.39, 0.29) is 29.4 Å². The molecule has 3 aromatic rings. The van der Waals surface area contributed by atoms with Crippen molar-refractivity contribution in [2.75, 3.05) is 7.11 Å². The summed E-state index contributed by atoms with van der Waals surface area (Å²) in [6, 6.07) is 8.83. The number of phenols is 1. The number of hydrogen-bond acceptors (Lipinski definition) is 7. The molecular weight excluding hydrogens is 478 g/mol. The van der Waals surface area contributed by atoms with Crippen molar-refractivity contribution in [3.05, 3.63) is 87.9 Å². The van der Waals surface area contributed by atoms with Crippen LogP contribution in [-0.4, -0.2) is 43.9 Å². The fourth-order valence-corrected chi connectivity index (χ4v) is 4.11. The number of carbonyl (C=O) groups excluding carboxylic acids is 2. The zero-order valence-electron chi connectivity index (χ0n) is 16.9. The lowest BCUT2D eigenvalue weighted by molar-refractivity contribution is -0.140. The molecule has 0 saturated carbocycles. The van der Waals surface area contributed by atoms with E-state index in [1.54, 1.807) is 42.7 Å². The highest BCUT2D eigenvalue weighted by molar-refractivity contribution is 9.10. The van der Waals surface area contributed by atoms with Gasteiger partial charge in [0.2, 0.25) is 0 Å². The minimum atomic E-state index is -0.922. The second kappa shape index (κ2) is 8.80. The number of Topliss-reactive ketones (excluding diaryl/α,β-unsaturated/α-hetero) is 1. The largest absolute Gasteiger partial charge is 0.507 e. The lowest BCUT2D eigenvalue weighted by Crippen LogP contribution is -2.29. The van der Waals surface area contributed by atoms with Crippen molar-refractivity contribution < 1.29 is 24.5 Å². The molecule has 3 heterocycles. The Bertz CT molecular complexity index is 1220. The Morgan fingerprint density at radius 1 is 1.16 bits per heavy atom. The van der Waals surface area contributed by atoms with E-state index in [1.165, 1.54) is 30.5 Å². The second-order valence-corrected chi connectivity index (χ2v) is 7.93. The number of rotatable bonds is 5. The van der Waals surface area contributed by atoms with Gasteiger partial charge in [0.25, 0.3) is 11.7 Å². The molecule has 32 heavy (non-hydrogen) atoms. The highest BCUT2D eigenvalue weighted by atomic mass is 79.9. The SMILES string of the molecule is COc1cc(C2/C(=C(\O)c3ccncc3)C(=O)C(=O)N2Cc2cccnc2)cc(Br)c1O. The molecule has 1 amide bonds. The van der Waals surface area contributed by atoms with Gasteiger partial charge in [0.15, 0.2) is 11.5 Å². The number of amides is 1. The molecule has 9 heteroatoms. The van der Waals surface area contributed by atoms with E-state index in [4.69, 9.17) is 4.74 Å². The summed E-state index contributed by atoms with van der Waals surface area (Å²) in [7, 11) is 1.40. The molecule has 4 rings (SSSR count). The molecule has 162 valence electrons. The number of carbonyl (C=O) groups is 2.